The summed E-state index contributed by atoms with van der Waals surface area (Å²) < 4.78 is 0. The van der Waals surface area contributed by atoms with Gasteiger partial charge in [-0.15, -0.1) is 0 Å². The first-order valence-electron chi connectivity index (χ1n) is 10.8. The number of piperazine rings is 1. The zero-order chi connectivity index (χ0) is 22.7. The predicted molar refractivity (Wildman–Crippen MR) is 124 cm³/mol. The number of para-hydroxylation sites is 1. The van der Waals surface area contributed by atoms with Gasteiger partial charge in [0.15, 0.2) is 0 Å². The van der Waals surface area contributed by atoms with Crippen LogP contribution in [-0.4, -0.2) is 59.9 Å². The van der Waals surface area contributed by atoms with E-state index in [1.807, 2.05) is 36.1 Å². The number of amides is 2. The lowest BCUT2D eigenvalue weighted by atomic mass is 10.1. The zero-order valence-corrected chi connectivity index (χ0v) is 18.4. The highest BCUT2D eigenvalue weighted by Crippen LogP contribution is 2.23. The summed E-state index contributed by atoms with van der Waals surface area (Å²) in [6, 6.07) is 12.9. The SMILES string of the molecule is CNC(=O)c1ccc(N2CCN(C(=O)CCc3nc4ccccc4c(=O)[nH]3)CC2)c(C)c1. The lowest BCUT2D eigenvalue weighted by Gasteiger charge is -2.37. The average Bonchev–Trinajstić information content (AvgIpc) is 2.82. The second-order valence-electron chi connectivity index (χ2n) is 7.98. The van der Waals surface area contributed by atoms with Crippen molar-refractivity contribution in [1.29, 1.82) is 0 Å². The summed E-state index contributed by atoms with van der Waals surface area (Å²) >= 11 is 0. The molecule has 2 aromatic carbocycles. The molecule has 0 bridgehead atoms. The number of aromatic amines is 1. The lowest BCUT2D eigenvalue weighted by molar-refractivity contribution is -0.131. The van der Waals surface area contributed by atoms with Gasteiger partial charge in [0.1, 0.15) is 5.82 Å². The van der Waals surface area contributed by atoms with Gasteiger partial charge in [-0.1, -0.05) is 12.1 Å². The molecule has 166 valence electrons. The summed E-state index contributed by atoms with van der Waals surface area (Å²) in [4.78, 5) is 48.1. The summed E-state index contributed by atoms with van der Waals surface area (Å²) in [6.07, 6.45) is 0.709. The van der Waals surface area contributed by atoms with Crippen LogP contribution in [0.15, 0.2) is 47.3 Å². The summed E-state index contributed by atoms with van der Waals surface area (Å²) in [5.74, 6) is 0.497. The molecule has 32 heavy (non-hydrogen) atoms. The third-order valence-electron chi connectivity index (χ3n) is 5.90. The Bertz CT molecular complexity index is 1210. The molecule has 0 saturated carbocycles. The fourth-order valence-electron chi connectivity index (χ4n) is 4.13. The standard InChI is InChI=1S/C24H27N5O3/c1-16-15-17(23(31)25-2)7-8-20(16)28-11-13-29(14-12-28)22(30)10-9-21-26-19-6-4-3-5-18(19)24(32)27-21/h3-8,15H,9-14H2,1-2H3,(H,25,31)(H,26,27,32). The van der Waals surface area contributed by atoms with E-state index in [1.54, 1.807) is 25.2 Å². The Hall–Kier alpha value is -3.68. The largest absolute Gasteiger partial charge is 0.368 e. The number of rotatable bonds is 5. The van der Waals surface area contributed by atoms with E-state index in [0.717, 1.165) is 24.3 Å². The van der Waals surface area contributed by atoms with Gasteiger partial charge >= 0.3 is 0 Å². The number of benzene rings is 2. The van der Waals surface area contributed by atoms with Crippen LogP contribution >= 0.6 is 0 Å². The molecule has 8 heteroatoms. The highest BCUT2D eigenvalue weighted by Gasteiger charge is 2.22. The van der Waals surface area contributed by atoms with Crippen LogP contribution in [-0.2, 0) is 11.2 Å². The molecule has 3 aromatic rings. The topological polar surface area (TPSA) is 98.4 Å². The Balaban J connectivity index is 1.34. The summed E-state index contributed by atoms with van der Waals surface area (Å²) in [5, 5.41) is 3.19. The third kappa shape index (κ3) is 4.49. The van der Waals surface area contributed by atoms with Crippen molar-refractivity contribution in [2.24, 2.45) is 0 Å². The van der Waals surface area contributed by atoms with Crippen LogP contribution < -0.4 is 15.8 Å². The second-order valence-corrected chi connectivity index (χ2v) is 7.98. The first-order valence-corrected chi connectivity index (χ1v) is 10.8. The number of carbonyl (C=O) groups excluding carboxylic acids is 2. The van der Waals surface area contributed by atoms with Gasteiger partial charge in [0.25, 0.3) is 11.5 Å². The number of nitrogens with one attached hydrogen (secondary N) is 2. The maximum Gasteiger partial charge on any atom is 0.258 e. The van der Waals surface area contributed by atoms with Crippen LogP contribution in [0.4, 0.5) is 5.69 Å². The van der Waals surface area contributed by atoms with Crippen molar-refractivity contribution in [3.8, 4) is 0 Å². The van der Waals surface area contributed by atoms with Gasteiger partial charge in [-0.05, 0) is 42.8 Å². The van der Waals surface area contributed by atoms with Gasteiger partial charge in [-0.25, -0.2) is 4.98 Å². The molecule has 0 unspecified atom stereocenters. The molecule has 2 heterocycles. The maximum absolute atomic E-state index is 12.7. The number of H-pyrrole nitrogens is 1. The third-order valence-corrected chi connectivity index (χ3v) is 5.90. The minimum Gasteiger partial charge on any atom is -0.368 e. The van der Waals surface area contributed by atoms with Crippen molar-refractivity contribution < 1.29 is 9.59 Å². The van der Waals surface area contributed by atoms with E-state index in [0.29, 0.717) is 48.2 Å². The molecule has 1 aliphatic heterocycles. The van der Waals surface area contributed by atoms with E-state index in [9.17, 15) is 14.4 Å². The van der Waals surface area contributed by atoms with E-state index >= 15 is 0 Å². The normalized spacial score (nSPS) is 13.9. The van der Waals surface area contributed by atoms with Gasteiger partial charge < -0.3 is 20.1 Å². The van der Waals surface area contributed by atoms with Crippen molar-refractivity contribution in [2.75, 3.05) is 38.1 Å². The van der Waals surface area contributed by atoms with Gasteiger partial charge in [0.05, 0.1) is 10.9 Å². The van der Waals surface area contributed by atoms with Gasteiger partial charge in [0, 0.05) is 57.3 Å². The minimum absolute atomic E-state index is 0.0622. The Morgan fingerprint density at radius 2 is 1.84 bits per heavy atom. The highest BCUT2D eigenvalue weighted by molar-refractivity contribution is 5.94. The van der Waals surface area contributed by atoms with Crippen LogP contribution in [0, 0.1) is 6.92 Å². The predicted octanol–water partition coefficient (Wildman–Crippen LogP) is 1.87. The summed E-state index contributed by atoms with van der Waals surface area (Å²) in [7, 11) is 1.62. The minimum atomic E-state index is -0.176. The van der Waals surface area contributed by atoms with E-state index in [2.05, 4.69) is 20.2 Å². The van der Waals surface area contributed by atoms with Crippen molar-refractivity contribution >= 4 is 28.4 Å². The number of hydrogen-bond acceptors (Lipinski definition) is 5. The molecule has 0 radical (unpaired) electrons. The van der Waals surface area contributed by atoms with Crippen LogP contribution in [0.3, 0.4) is 0 Å². The van der Waals surface area contributed by atoms with Crippen molar-refractivity contribution in [1.82, 2.24) is 20.2 Å². The first kappa shape index (κ1) is 21.5. The molecule has 1 aromatic heterocycles. The summed E-state index contributed by atoms with van der Waals surface area (Å²) in [6.45, 7) is 4.73. The van der Waals surface area contributed by atoms with E-state index in [-0.39, 0.29) is 17.4 Å². The molecule has 2 N–H and O–H groups in total. The molecule has 2 amide bonds. The molecule has 0 spiro atoms. The molecule has 8 nitrogen and oxygen atoms in total. The average molecular weight is 434 g/mol. The molecule has 4 rings (SSSR count). The monoisotopic (exact) mass is 433 g/mol. The zero-order valence-electron chi connectivity index (χ0n) is 18.4. The molecule has 1 aliphatic rings. The van der Waals surface area contributed by atoms with E-state index in [1.165, 1.54) is 0 Å². The molecular weight excluding hydrogens is 406 g/mol. The highest BCUT2D eigenvalue weighted by atomic mass is 16.2. The number of aromatic nitrogens is 2. The van der Waals surface area contributed by atoms with Gasteiger partial charge in [-0.3, -0.25) is 14.4 Å². The van der Waals surface area contributed by atoms with Crippen LogP contribution in [0.1, 0.15) is 28.2 Å². The number of hydrogen-bond donors (Lipinski definition) is 2. The Morgan fingerprint density at radius 1 is 1.09 bits per heavy atom. The van der Waals surface area contributed by atoms with Crippen LogP contribution in [0.5, 0.6) is 0 Å². The van der Waals surface area contributed by atoms with E-state index in [4.69, 9.17) is 0 Å². The Labute approximate surface area is 186 Å². The van der Waals surface area contributed by atoms with Crippen LogP contribution in [0.25, 0.3) is 10.9 Å². The van der Waals surface area contributed by atoms with Gasteiger partial charge in [0.2, 0.25) is 5.91 Å². The Morgan fingerprint density at radius 3 is 2.56 bits per heavy atom. The first-order chi connectivity index (χ1) is 15.5. The molecule has 0 atom stereocenters. The van der Waals surface area contributed by atoms with Crippen molar-refractivity contribution in [3.05, 3.63) is 69.8 Å². The smallest absolute Gasteiger partial charge is 0.258 e. The molecule has 0 aliphatic carbocycles. The maximum atomic E-state index is 12.7. The van der Waals surface area contributed by atoms with Gasteiger partial charge in [-0.2, -0.15) is 0 Å². The lowest BCUT2D eigenvalue weighted by Crippen LogP contribution is -2.49. The van der Waals surface area contributed by atoms with Crippen LogP contribution in [0.2, 0.25) is 0 Å². The molecule has 1 saturated heterocycles. The number of carbonyl (C=O) groups is 2. The van der Waals surface area contributed by atoms with Crippen molar-refractivity contribution in [3.63, 3.8) is 0 Å². The van der Waals surface area contributed by atoms with Crippen molar-refractivity contribution in [2.45, 2.75) is 19.8 Å². The number of aryl methyl sites for hydroxylation is 2. The molecule has 1 fully saturated rings. The van der Waals surface area contributed by atoms with E-state index < -0.39 is 0 Å². The summed E-state index contributed by atoms with van der Waals surface area (Å²) in [5.41, 5.74) is 3.23. The Kier molecular flexibility index (Phi) is 6.20. The quantitative estimate of drug-likeness (QED) is 0.640. The number of fused-ring (bicyclic) bond motifs is 1. The number of nitrogens with zero attached hydrogens (tertiary/aromatic N) is 3. The second kappa shape index (κ2) is 9.21. The number of anilines is 1. The fourth-order valence-corrected chi connectivity index (χ4v) is 4.13. The molecular formula is C24H27N5O3. The fraction of sp³-hybridized carbons (Fsp3) is 0.333.